The second-order valence-corrected chi connectivity index (χ2v) is 6.70. The standard InChI is InChI=1S/C23H29N5O/c1-5-28(6-2)20-13-11-19(12-14-20)27-23-15-22(25-17(3)26-23)24-16-18-9-7-8-10-21(18)29-4/h7-15H,5-6,16H2,1-4H3,(H2,24,25,26,27). The van der Waals surface area contributed by atoms with Gasteiger partial charge in [-0.25, -0.2) is 9.97 Å². The Balaban J connectivity index is 1.70. The summed E-state index contributed by atoms with van der Waals surface area (Å²) in [5.41, 5.74) is 3.29. The van der Waals surface area contributed by atoms with E-state index in [0.29, 0.717) is 12.4 Å². The Labute approximate surface area is 173 Å². The van der Waals surface area contributed by atoms with Crippen LogP contribution in [0.1, 0.15) is 25.2 Å². The monoisotopic (exact) mass is 391 g/mol. The highest BCUT2D eigenvalue weighted by molar-refractivity contribution is 5.62. The molecular weight excluding hydrogens is 362 g/mol. The second kappa shape index (κ2) is 9.78. The maximum Gasteiger partial charge on any atom is 0.136 e. The third-order valence-corrected chi connectivity index (χ3v) is 4.76. The molecule has 1 aromatic heterocycles. The zero-order valence-corrected chi connectivity index (χ0v) is 17.6. The lowest BCUT2D eigenvalue weighted by atomic mass is 10.2. The SMILES string of the molecule is CCN(CC)c1ccc(Nc2cc(NCc3ccccc3OC)nc(C)n2)cc1. The van der Waals surface area contributed by atoms with E-state index >= 15 is 0 Å². The third-order valence-electron chi connectivity index (χ3n) is 4.76. The average molecular weight is 392 g/mol. The lowest BCUT2D eigenvalue weighted by Gasteiger charge is -2.21. The van der Waals surface area contributed by atoms with E-state index in [1.54, 1.807) is 7.11 Å². The zero-order chi connectivity index (χ0) is 20.6. The lowest BCUT2D eigenvalue weighted by molar-refractivity contribution is 0.410. The molecule has 0 saturated heterocycles. The first-order valence-electron chi connectivity index (χ1n) is 9.96. The van der Waals surface area contributed by atoms with E-state index in [-0.39, 0.29) is 0 Å². The summed E-state index contributed by atoms with van der Waals surface area (Å²) in [4.78, 5) is 11.3. The summed E-state index contributed by atoms with van der Waals surface area (Å²) in [6.45, 7) is 8.84. The van der Waals surface area contributed by atoms with Gasteiger partial charge in [0.25, 0.3) is 0 Å². The van der Waals surface area contributed by atoms with Crippen LogP contribution >= 0.6 is 0 Å². The molecule has 6 nitrogen and oxygen atoms in total. The van der Waals surface area contributed by atoms with E-state index in [0.717, 1.165) is 41.7 Å². The molecule has 0 bridgehead atoms. The van der Waals surface area contributed by atoms with Crippen molar-refractivity contribution in [2.24, 2.45) is 0 Å². The number of ether oxygens (including phenoxy) is 1. The number of rotatable bonds is 9. The Hall–Kier alpha value is -3.28. The van der Waals surface area contributed by atoms with Crippen LogP contribution in [0.25, 0.3) is 0 Å². The van der Waals surface area contributed by atoms with Gasteiger partial charge < -0.3 is 20.3 Å². The Morgan fingerprint density at radius 2 is 1.62 bits per heavy atom. The molecule has 0 atom stereocenters. The maximum absolute atomic E-state index is 5.41. The van der Waals surface area contributed by atoms with E-state index in [1.165, 1.54) is 5.69 Å². The van der Waals surface area contributed by atoms with Gasteiger partial charge in [-0.3, -0.25) is 0 Å². The predicted octanol–water partition coefficient (Wildman–Crippen LogP) is 5.00. The van der Waals surface area contributed by atoms with E-state index in [1.807, 2.05) is 37.3 Å². The van der Waals surface area contributed by atoms with Crippen LogP contribution in [-0.2, 0) is 6.54 Å². The number of anilines is 4. The van der Waals surface area contributed by atoms with Crippen LogP contribution in [0.5, 0.6) is 5.75 Å². The quantitative estimate of drug-likeness (QED) is 0.535. The maximum atomic E-state index is 5.41. The molecular formula is C23H29N5O. The summed E-state index contributed by atoms with van der Waals surface area (Å²) in [6, 6.07) is 18.3. The molecule has 0 aliphatic heterocycles. The van der Waals surface area contributed by atoms with Crippen molar-refractivity contribution < 1.29 is 4.74 Å². The molecule has 0 fully saturated rings. The number of para-hydroxylation sites is 1. The molecule has 0 saturated carbocycles. The van der Waals surface area contributed by atoms with E-state index in [2.05, 4.69) is 63.6 Å². The van der Waals surface area contributed by atoms with E-state index in [4.69, 9.17) is 4.74 Å². The first kappa shape index (κ1) is 20.5. The molecule has 0 aliphatic rings. The summed E-state index contributed by atoms with van der Waals surface area (Å²) in [7, 11) is 1.68. The van der Waals surface area contributed by atoms with Crippen LogP contribution in [0.2, 0.25) is 0 Å². The number of aromatic nitrogens is 2. The van der Waals surface area contributed by atoms with Crippen molar-refractivity contribution in [1.29, 1.82) is 0 Å². The highest BCUT2D eigenvalue weighted by atomic mass is 16.5. The van der Waals surface area contributed by atoms with Crippen molar-refractivity contribution in [3.8, 4) is 5.75 Å². The van der Waals surface area contributed by atoms with Crippen LogP contribution in [0.4, 0.5) is 23.0 Å². The van der Waals surface area contributed by atoms with Gasteiger partial charge in [0, 0.05) is 42.6 Å². The fourth-order valence-electron chi connectivity index (χ4n) is 3.25. The minimum Gasteiger partial charge on any atom is -0.496 e. The van der Waals surface area contributed by atoms with Gasteiger partial charge in [0.15, 0.2) is 0 Å². The Bertz CT molecular complexity index is 923. The summed E-state index contributed by atoms with van der Waals surface area (Å²) < 4.78 is 5.41. The number of benzene rings is 2. The number of nitrogens with zero attached hydrogens (tertiary/aromatic N) is 3. The predicted molar refractivity (Wildman–Crippen MR) is 120 cm³/mol. The number of methoxy groups -OCH3 is 1. The van der Waals surface area contributed by atoms with E-state index < -0.39 is 0 Å². The topological polar surface area (TPSA) is 62.3 Å². The van der Waals surface area contributed by atoms with Crippen molar-refractivity contribution >= 4 is 23.0 Å². The van der Waals surface area contributed by atoms with Crippen molar-refractivity contribution in [3.05, 3.63) is 66.0 Å². The highest BCUT2D eigenvalue weighted by Crippen LogP contribution is 2.23. The largest absolute Gasteiger partial charge is 0.496 e. The van der Waals surface area contributed by atoms with Gasteiger partial charge in [-0.1, -0.05) is 18.2 Å². The molecule has 0 aliphatic carbocycles. The van der Waals surface area contributed by atoms with Gasteiger partial charge in [0.2, 0.25) is 0 Å². The molecule has 1 heterocycles. The summed E-state index contributed by atoms with van der Waals surface area (Å²) >= 11 is 0. The second-order valence-electron chi connectivity index (χ2n) is 6.70. The molecule has 0 radical (unpaired) electrons. The molecule has 152 valence electrons. The first-order valence-corrected chi connectivity index (χ1v) is 9.96. The van der Waals surface area contributed by atoms with Gasteiger partial charge in [0.1, 0.15) is 23.2 Å². The van der Waals surface area contributed by atoms with Gasteiger partial charge in [-0.15, -0.1) is 0 Å². The Kier molecular flexibility index (Phi) is 6.89. The summed E-state index contributed by atoms with van der Waals surface area (Å²) in [5, 5.41) is 6.74. The summed E-state index contributed by atoms with van der Waals surface area (Å²) in [6.07, 6.45) is 0. The van der Waals surface area contributed by atoms with Gasteiger partial charge >= 0.3 is 0 Å². The highest BCUT2D eigenvalue weighted by Gasteiger charge is 2.06. The number of hydrogen-bond acceptors (Lipinski definition) is 6. The zero-order valence-electron chi connectivity index (χ0n) is 17.6. The minimum absolute atomic E-state index is 0.623. The molecule has 3 aromatic rings. The molecule has 0 unspecified atom stereocenters. The third kappa shape index (κ3) is 5.38. The fraction of sp³-hybridized carbons (Fsp3) is 0.304. The first-order chi connectivity index (χ1) is 14.1. The van der Waals surface area contributed by atoms with Gasteiger partial charge in [-0.2, -0.15) is 0 Å². The van der Waals surface area contributed by atoms with Crippen LogP contribution in [0.15, 0.2) is 54.6 Å². The number of aryl methyl sites for hydroxylation is 1. The van der Waals surface area contributed by atoms with Crippen LogP contribution < -0.4 is 20.3 Å². The normalized spacial score (nSPS) is 10.5. The average Bonchev–Trinajstić information content (AvgIpc) is 2.74. The van der Waals surface area contributed by atoms with Crippen LogP contribution in [0.3, 0.4) is 0 Å². The molecule has 6 heteroatoms. The molecule has 0 spiro atoms. The van der Waals surface area contributed by atoms with Crippen molar-refractivity contribution in [1.82, 2.24) is 9.97 Å². The minimum atomic E-state index is 0.623. The summed E-state index contributed by atoms with van der Waals surface area (Å²) in [5.74, 6) is 3.09. The van der Waals surface area contributed by atoms with Crippen LogP contribution in [-0.4, -0.2) is 30.2 Å². The molecule has 3 rings (SSSR count). The number of hydrogen-bond donors (Lipinski definition) is 2. The fourth-order valence-corrected chi connectivity index (χ4v) is 3.25. The molecule has 0 amide bonds. The van der Waals surface area contributed by atoms with Crippen molar-refractivity contribution in [2.75, 3.05) is 35.7 Å². The molecule has 29 heavy (non-hydrogen) atoms. The number of nitrogens with one attached hydrogen (secondary N) is 2. The van der Waals surface area contributed by atoms with E-state index in [9.17, 15) is 0 Å². The Morgan fingerprint density at radius 3 is 2.31 bits per heavy atom. The van der Waals surface area contributed by atoms with Crippen molar-refractivity contribution in [3.63, 3.8) is 0 Å². The smallest absolute Gasteiger partial charge is 0.136 e. The molecule has 2 N–H and O–H groups in total. The Morgan fingerprint density at radius 1 is 0.931 bits per heavy atom. The lowest BCUT2D eigenvalue weighted by Crippen LogP contribution is -2.21. The molecule has 2 aromatic carbocycles. The van der Waals surface area contributed by atoms with Crippen LogP contribution in [0, 0.1) is 6.92 Å². The van der Waals surface area contributed by atoms with Gasteiger partial charge in [-0.05, 0) is 51.1 Å². The van der Waals surface area contributed by atoms with Crippen molar-refractivity contribution in [2.45, 2.75) is 27.3 Å². The van der Waals surface area contributed by atoms with Gasteiger partial charge in [0.05, 0.1) is 7.11 Å².